The lowest BCUT2D eigenvalue weighted by atomic mass is 10.1. The minimum absolute atomic E-state index is 0.0659. The number of amides is 1. The lowest BCUT2D eigenvalue weighted by Crippen LogP contribution is -2.26. The fourth-order valence-corrected chi connectivity index (χ4v) is 2.83. The van der Waals surface area contributed by atoms with Crippen molar-refractivity contribution in [3.63, 3.8) is 0 Å². The fourth-order valence-electron chi connectivity index (χ4n) is 2.58. The first-order chi connectivity index (χ1) is 8.93. The van der Waals surface area contributed by atoms with E-state index < -0.39 is 4.92 Å². The maximum Gasteiger partial charge on any atom is 0.270 e. The Morgan fingerprint density at radius 3 is 2.42 bits per heavy atom. The van der Waals surface area contributed by atoms with Gasteiger partial charge in [-0.2, -0.15) is 12.6 Å². The number of aryl methyl sites for hydroxylation is 2. The highest BCUT2D eigenvalue weighted by Crippen LogP contribution is 2.33. The smallest absolute Gasteiger partial charge is 0.270 e. The normalized spacial score (nSPS) is 19.0. The maximum absolute atomic E-state index is 12.0. The van der Waals surface area contributed by atoms with Gasteiger partial charge in [0.2, 0.25) is 5.91 Å². The first kappa shape index (κ1) is 13.9. The van der Waals surface area contributed by atoms with E-state index in [4.69, 9.17) is 0 Å². The SMILES string of the molecule is Cc1cc([N+](=O)[O-])cc(C)c1N1CC(CS)CC1=O. The zero-order chi connectivity index (χ0) is 14.2. The summed E-state index contributed by atoms with van der Waals surface area (Å²) in [7, 11) is 0. The average Bonchev–Trinajstić information content (AvgIpc) is 2.70. The Labute approximate surface area is 117 Å². The predicted octanol–water partition coefficient (Wildman–Crippen LogP) is 2.49. The van der Waals surface area contributed by atoms with Crippen LogP contribution >= 0.6 is 12.6 Å². The number of hydrogen-bond acceptors (Lipinski definition) is 4. The zero-order valence-corrected chi connectivity index (χ0v) is 11.8. The van der Waals surface area contributed by atoms with Crippen LogP contribution in [0.2, 0.25) is 0 Å². The summed E-state index contributed by atoms with van der Waals surface area (Å²) in [6, 6.07) is 3.03. The van der Waals surface area contributed by atoms with Gasteiger partial charge in [-0.25, -0.2) is 0 Å². The molecule has 1 fully saturated rings. The van der Waals surface area contributed by atoms with Crippen LogP contribution in [-0.4, -0.2) is 23.1 Å². The number of anilines is 1. The van der Waals surface area contributed by atoms with Crippen molar-refractivity contribution in [2.24, 2.45) is 5.92 Å². The van der Waals surface area contributed by atoms with E-state index in [-0.39, 0.29) is 17.5 Å². The molecule has 1 unspecified atom stereocenters. The molecule has 0 bridgehead atoms. The molecule has 5 nitrogen and oxygen atoms in total. The summed E-state index contributed by atoms with van der Waals surface area (Å²) in [4.78, 5) is 24.2. The summed E-state index contributed by atoms with van der Waals surface area (Å²) in [5.41, 5.74) is 2.40. The van der Waals surface area contributed by atoms with Crippen molar-refractivity contribution in [3.05, 3.63) is 33.4 Å². The van der Waals surface area contributed by atoms with Gasteiger partial charge in [0.1, 0.15) is 0 Å². The second-order valence-corrected chi connectivity index (χ2v) is 5.31. The molecule has 1 saturated heterocycles. The first-order valence-corrected chi connectivity index (χ1v) is 6.74. The number of nitro groups is 1. The molecule has 0 aliphatic carbocycles. The number of nitro benzene ring substituents is 1. The second kappa shape index (κ2) is 5.21. The Kier molecular flexibility index (Phi) is 3.80. The number of benzene rings is 1. The standard InChI is InChI=1S/C13H16N2O3S/c1-8-3-11(15(17)18)4-9(2)13(8)14-6-10(7-19)5-12(14)16/h3-4,10,19H,5-7H2,1-2H3. The van der Waals surface area contributed by atoms with Crippen molar-refractivity contribution in [2.75, 3.05) is 17.2 Å². The Bertz CT molecular complexity index is 522. The highest BCUT2D eigenvalue weighted by atomic mass is 32.1. The highest BCUT2D eigenvalue weighted by Gasteiger charge is 2.31. The molecule has 0 N–H and O–H groups in total. The number of rotatable bonds is 3. The number of thiol groups is 1. The van der Waals surface area contributed by atoms with Gasteiger partial charge in [0.25, 0.3) is 5.69 Å². The quantitative estimate of drug-likeness (QED) is 0.525. The van der Waals surface area contributed by atoms with Crippen molar-refractivity contribution < 1.29 is 9.72 Å². The molecule has 0 radical (unpaired) electrons. The van der Waals surface area contributed by atoms with Gasteiger partial charge >= 0.3 is 0 Å². The van der Waals surface area contributed by atoms with Crippen LogP contribution in [0.15, 0.2) is 12.1 Å². The van der Waals surface area contributed by atoms with Gasteiger partial charge < -0.3 is 4.90 Å². The number of hydrogen-bond donors (Lipinski definition) is 1. The van der Waals surface area contributed by atoms with E-state index in [2.05, 4.69) is 12.6 Å². The monoisotopic (exact) mass is 280 g/mol. The van der Waals surface area contributed by atoms with Crippen molar-refractivity contribution in [1.82, 2.24) is 0 Å². The summed E-state index contributed by atoms with van der Waals surface area (Å²) in [5.74, 6) is 0.997. The van der Waals surface area contributed by atoms with E-state index in [1.807, 2.05) is 0 Å². The predicted molar refractivity (Wildman–Crippen MR) is 76.9 cm³/mol. The molecule has 1 aliphatic rings. The Morgan fingerprint density at radius 2 is 2.00 bits per heavy atom. The third-order valence-corrected chi connectivity index (χ3v) is 3.94. The number of non-ortho nitro benzene ring substituents is 1. The average molecular weight is 280 g/mol. The molecule has 1 heterocycles. The highest BCUT2D eigenvalue weighted by molar-refractivity contribution is 7.80. The van der Waals surface area contributed by atoms with Crippen LogP contribution in [0, 0.1) is 29.9 Å². The van der Waals surface area contributed by atoms with E-state index in [1.165, 1.54) is 12.1 Å². The molecule has 1 aromatic carbocycles. The molecule has 0 aromatic heterocycles. The molecule has 0 saturated carbocycles. The van der Waals surface area contributed by atoms with Crippen molar-refractivity contribution in [1.29, 1.82) is 0 Å². The van der Waals surface area contributed by atoms with Crippen LogP contribution in [0.4, 0.5) is 11.4 Å². The molecule has 1 amide bonds. The van der Waals surface area contributed by atoms with Gasteiger partial charge in [-0.15, -0.1) is 0 Å². The third-order valence-electron chi connectivity index (χ3n) is 3.42. The molecular formula is C13H16N2O3S. The Balaban J connectivity index is 2.41. The summed E-state index contributed by atoms with van der Waals surface area (Å²) in [5, 5.41) is 10.8. The van der Waals surface area contributed by atoms with Crippen LogP contribution in [0.1, 0.15) is 17.5 Å². The fraction of sp³-hybridized carbons (Fsp3) is 0.462. The molecule has 1 aromatic rings. The number of carbonyl (C=O) groups excluding carboxylic acids is 1. The van der Waals surface area contributed by atoms with Gasteiger partial charge in [-0.3, -0.25) is 14.9 Å². The molecule has 102 valence electrons. The zero-order valence-electron chi connectivity index (χ0n) is 10.9. The second-order valence-electron chi connectivity index (χ2n) is 4.94. The first-order valence-electron chi connectivity index (χ1n) is 6.11. The number of carbonyl (C=O) groups is 1. The minimum atomic E-state index is -0.411. The van der Waals surface area contributed by atoms with Crippen LogP contribution in [0.3, 0.4) is 0 Å². The van der Waals surface area contributed by atoms with E-state index in [9.17, 15) is 14.9 Å². The Morgan fingerprint density at radius 1 is 1.42 bits per heavy atom. The van der Waals surface area contributed by atoms with Crippen LogP contribution in [-0.2, 0) is 4.79 Å². The maximum atomic E-state index is 12.0. The van der Waals surface area contributed by atoms with Crippen LogP contribution < -0.4 is 4.90 Å². The van der Waals surface area contributed by atoms with Gasteiger partial charge in [0, 0.05) is 30.8 Å². The molecule has 0 spiro atoms. The van der Waals surface area contributed by atoms with Crippen molar-refractivity contribution >= 4 is 29.9 Å². The summed E-state index contributed by atoms with van der Waals surface area (Å²) < 4.78 is 0. The topological polar surface area (TPSA) is 63.5 Å². The minimum Gasteiger partial charge on any atom is -0.312 e. The van der Waals surface area contributed by atoms with Crippen LogP contribution in [0.25, 0.3) is 0 Å². The van der Waals surface area contributed by atoms with E-state index in [1.54, 1.807) is 18.7 Å². The van der Waals surface area contributed by atoms with Crippen LogP contribution in [0.5, 0.6) is 0 Å². The lowest BCUT2D eigenvalue weighted by molar-refractivity contribution is -0.384. The van der Waals surface area contributed by atoms with E-state index in [0.717, 1.165) is 16.8 Å². The summed E-state index contributed by atoms with van der Waals surface area (Å²) >= 11 is 4.24. The molecule has 1 aliphatic heterocycles. The van der Waals surface area contributed by atoms with Gasteiger partial charge in [0.15, 0.2) is 0 Å². The van der Waals surface area contributed by atoms with E-state index in [0.29, 0.717) is 18.7 Å². The van der Waals surface area contributed by atoms with Gasteiger partial charge in [-0.1, -0.05) is 0 Å². The Hall–Kier alpha value is -1.56. The largest absolute Gasteiger partial charge is 0.312 e. The van der Waals surface area contributed by atoms with E-state index >= 15 is 0 Å². The van der Waals surface area contributed by atoms with Gasteiger partial charge in [-0.05, 0) is 36.6 Å². The summed E-state index contributed by atoms with van der Waals surface area (Å²) in [6.07, 6.45) is 0.499. The van der Waals surface area contributed by atoms with Gasteiger partial charge in [0.05, 0.1) is 4.92 Å². The third kappa shape index (κ3) is 2.58. The molecule has 19 heavy (non-hydrogen) atoms. The number of nitrogens with zero attached hydrogens (tertiary/aromatic N) is 2. The summed E-state index contributed by atoms with van der Waals surface area (Å²) in [6.45, 7) is 4.25. The van der Waals surface area contributed by atoms with Crippen molar-refractivity contribution in [2.45, 2.75) is 20.3 Å². The molecular weight excluding hydrogens is 264 g/mol. The molecule has 6 heteroatoms. The molecule has 2 rings (SSSR count). The van der Waals surface area contributed by atoms with Crippen molar-refractivity contribution in [3.8, 4) is 0 Å². The lowest BCUT2D eigenvalue weighted by Gasteiger charge is -2.21. The molecule has 1 atom stereocenters.